The van der Waals surface area contributed by atoms with Crippen molar-refractivity contribution in [2.75, 3.05) is 0 Å². The number of hydrogen-bond donors (Lipinski definition) is 2. The van der Waals surface area contributed by atoms with Crippen LogP contribution < -0.4 is 11.1 Å². The first kappa shape index (κ1) is 15.8. The summed E-state index contributed by atoms with van der Waals surface area (Å²) in [6.07, 6.45) is -1.38. The number of primary amides is 1. The number of imide groups is 1. The molecule has 0 saturated heterocycles. The van der Waals surface area contributed by atoms with Crippen LogP contribution in [-0.4, -0.2) is 24.0 Å². The minimum absolute atomic E-state index is 0.378. The molecule has 6 nitrogen and oxygen atoms in total. The van der Waals surface area contributed by atoms with Gasteiger partial charge in [0.25, 0.3) is 5.91 Å². The third-order valence-corrected chi connectivity index (χ3v) is 2.44. The van der Waals surface area contributed by atoms with Gasteiger partial charge in [-0.25, -0.2) is 18.4 Å². The van der Waals surface area contributed by atoms with Gasteiger partial charge in [0.1, 0.15) is 0 Å². The van der Waals surface area contributed by atoms with Crippen molar-refractivity contribution in [2.24, 2.45) is 5.73 Å². The Morgan fingerprint density at radius 3 is 2.40 bits per heavy atom. The van der Waals surface area contributed by atoms with E-state index in [9.17, 15) is 23.2 Å². The van der Waals surface area contributed by atoms with Crippen molar-refractivity contribution in [3.63, 3.8) is 0 Å². The molecule has 0 spiro atoms. The molecule has 0 aliphatic heterocycles. The van der Waals surface area contributed by atoms with Gasteiger partial charge in [-0.05, 0) is 19.1 Å². The van der Waals surface area contributed by atoms with Crippen LogP contribution in [0.1, 0.15) is 17.3 Å². The maximum Gasteiger partial charge on any atom is 0.340 e. The van der Waals surface area contributed by atoms with Crippen LogP contribution in [-0.2, 0) is 9.53 Å². The number of amides is 3. The molecule has 1 aromatic rings. The van der Waals surface area contributed by atoms with Gasteiger partial charge in [0.15, 0.2) is 17.7 Å². The zero-order valence-electron chi connectivity index (χ0n) is 10.1. The molecule has 0 radical (unpaired) electrons. The lowest BCUT2D eigenvalue weighted by Crippen LogP contribution is -2.42. The maximum absolute atomic E-state index is 13.0. The first-order valence-corrected chi connectivity index (χ1v) is 5.56. The van der Waals surface area contributed by atoms with Crippen LogP contribution in [0.15, 0.2) is 12.1 Å². The molecular weight excluding hydrogens is 298 g/mol. The smallest absolute Gasteiger partial charge is 0.340 e. The van der Waals surface area contributed by atoms with Crippen molar-refractivity contribution in [1.82, 2.24) is 5.32 Å². The predicted octanol–water partition coefficient (Wildman–Crippen LogP) is 1.36. The number of benzene rings is 1. The zero-order chi connectivity index (χ0) is 15.4. The number of esters is 1. The second kappa shape index (κ2) is 6.29. The van der Waals surface area contributed by atoms with E-state index < -0.39 is 41.2 Å². The molecule has 0 fully saturated rings. The van der Waals surface area contributed by atoms with Gasteiger partial charge < -0.3 is 10.5 Å². The first-order valence-electron chi connectivity index (χ1n) is 5.18. The van der Waals surface area contributed by atoms with Crippen LogP contribution in [0, 0.1) is 11.6 Å². The summed E-state index contributed by atoms with van der Waals surface area (Å²) in [5.41, 5.74) is 4.26. The molecule has 0 heterocycles. The number of ether oxygens (including phenoxy) is 1. The van der Waals surface area contributed by atoms with E-state index in [1.807, 2.05) is 0 Å². The summed E-state index contributed by atoms with van der Waals surface area (Å²) in [7, 11) is 0. The van der Waals surface area contributed by atoms with E-state index in [-0.39, 0.29) is 5.02 Å². The van der Waals surface area contributed by atoms with Crippen LogP contribution in [0.3, 0.4) is 0 Å². The van der Waals surface area contributed by atoms with Gasteiger partial charge in [0.05, 0.1) is 10.6 Å². The first-order chi connectivity index (χ1) is 9.22. The summed E-state index contributed by atoms with van der Waals surface area (Å²) in [5.74, 6) is -4.65. The number of nitrogens with two attached hydrogens (primary N) is 1. The third kappa shape index (κ3) is 3.89. The van der Waals surface area contributed by atoms with E-state index in [0.29, 0.717) is 12.1 Å². The van der Waals surface area contributed by atoms with Gasteiger partial charge in [0.2, 0.25) is 0 Å². The minimum atomic E-state index is -1.38. The van der Waals surface area contributed by atoms with Crippen LogP contribution >= 0.6 is 11.6 Å². The van der Waals surface area contributed by atoms with Gasteiger partial charge in [-0.3, -0.25) is 10.1 Å². The molecule has 0 aromatic heterocycles. The lowest BCUT2D eigenvalue weighted by molar-refractivity contribution is -0.127. The Bertz CT molecular complexity index is 580. The molecule has 108 valence electrons. The van der Waals surface area contributed by atoms with Crippen LogP contribution in [0.25, 0.3) is 0 Å². The average Bonchev–Trinajstić information content (AvgIpc) is 2.32. The Balaban J connectivity index is 2.84. The Morgan fingerprint density at radius 1 is 1.30 bits per heavy atom. The fourth-order valence-corrected chi connectivity index (χ4v) is 1.41. The largest absolute Gasteiger partial charge is 0.449 e. The Kier molecular flexibility index (Phi) is 4.98. The van der Waals surface area contributed by atoms with E-state index in [1.54, 1.807) is 5.32 Å². The van der Waals surface area contributed by atoms with E-state index >= 15 is 0 Å². The van der Waals surface area contributed by atoms with Crippen LogP contribution in [0.4, 0.5) is 13.6 Å². The molecule has 1 atom stereocenters. The van der Waals surface area contributed by atoms with Crippen molar-refractivity contribution in [3.05, 3.63) is 34.4 Å². The number of carbonyl (C=O) groups is 3. The third-order valence-electron chi connectivity index (χ3n) is 2.13. The molecule has 0 bridgehead atoms. The average molecular weight is 307 g/mol. The van der Waals surface area contributed by atoms with E-state index in [4.69, 9.17) is 17.3 Å². The molecule has 20 heavy (non-hydrogen) atoms. The van der Waals surface area contributed by atoms with E-state index in [0.717, 1.165) is 6.92 Å². The lowest BCUT2D eigenvalue weighted by Gasteiger charge is -2.12. The Hall–Kier alpha value is -2.22. The van der Waals surface area contributed by atoms with Gasteiger partial charge in [0, 0.05) is 0 Å². The molecule has 9 heteroatoms. The minimum Gasteiger partial charge on any atom is -0.449 e. The summed E-state index contributed by atoms with van der Waals surface area (Å²) in [6, 6.07) is 0.0177. The maximum atomic E-state index is 13.0. The van der Waals surface area contributed by atoms with Crippen molar-refractivity contribution < 1.29 is 27.9 Å². The van der Waals surface area contributed by atoms with Gasteiger partial charge in [-0.1, -0.05) is 11.6 Å². The fraction of sp³-hybridized carbons (Fsp3) is 0.182. The SMILES string of the molecule is CC(OC(=O)c1cc(F)c(F)cc1Cl)C(=O)NC(N)=O. The number of hydrogen-bond acceptors (Lipinski definition) is 4. The van der Waals surface area contributed by atoms with Crippen LogP contribution in [0.5, 0.6) is 0 Å². The van der Waals surface area contributed by atoms with E-state index in [1.165, 1.54) is 0 Å². The number of nitrogens with one attached hydrogen (secondary N) is 1. The topological polar surface area (TPSA) is 98.5 Å². The number of halogens is 3. The fourth-order valence-electron chi connectivity index (χ4n) is 1.18. The van der Waals surface area contributed by atoms with E-state index in [2.05, 4.69) is 4.74 Å². The quantitative estimate of drug-likeness (QED) is 0.650. The molecule has 1 aromatic carbocycles. The number of rotatable bonds is 3. The van der Waals surface area contributed by atoms with Gasteiger partial charge >= 0.3 is 12.0 Å². The molecule has 3 N–H and O–H groups in total. The highest BCUT2D eigenvalue weighted by molar-refractivity contribution is 6.33. The number of urea groups is 1. The van der Waals surface area contributed by atoms with Gasteiger partial charge in [-0.2, -0.15) is 0 Å². The zero-order valence-corrected chi connectivity index (χ0v) is 10.8. The monoisotopic (exact) mass is 306 g/mol. The summed E-state index contributed by atoms with van der Waals surface area (Å²) in [4.78, 5) is 33.4. The summed E-state index contributed by atoms with van der Waals surface area (Å²) in [5, 5.41) is 1.31. The highest BCUT2D eigenvalue weighted by Crippen LogP contribution is 2.21. The second-order valence-corrected chi connectivity index (χ2v) is 4.05. The Morgan fingerprint density at radius 2 is 1.85 bits per heavy atom. The van der Waals surface area contributed by atoms with Crippen molar-refractivity contribution >= 4 is 29.5 Å². The Labute approximate surface area is 116 Å². The van der Waals surface area contributed by atoms with Crippen LogP contribution in [0.2, 0.25) is 5.02 Å². The number of carbonyl (C=O) groups excluding carboxylic acids is 3. The summed E-state index contributed by atoms with van der Waals surface area (Å²) in [6.45, 7) is 1.16. The predicted molar refractivity (Wildman–Crippen MR) is 64.0 cm³/mol. The van der Waals surface area contributed by atoms with Crippen molar-refractivity contribution in [3.8, 4) is 0 Å². The summed E-state index contributed by atoms with van der Waals surface area (Å²) < 4.78 is 30.5. The molecule has 3 amide bonds. The van der Waals surface area contributed by atoms with Gasteiger partial charge in [-0.15, -0.1) is 0 Å². The standard InChI is InChI=1S/C11H9ClF2N2O4/c1-4(9(17)16-11(15)19)20-10(18)5-2-7(13)8(14)3-6(5)12/h2-4H,1H3,(H3,15,16,17,19). The molecule has 1 unspecified atom stereocenters. The second-order valence-electron chi connectivity index (χ2n) is 3.65. The summed E-state index contributed by atoms with van der Waals surface area (Å²) >= 11 is 5.56. The van der Waals surface area contributed by atoms with Crippen molar-refractivity contribution in [2.45, 2.75) is 13.0 Å². The van der Waals surface area contributed by atoms with Crippen molar-refractivity contribution in [1.29, 1.82) is 0 Å². The normalized spacial score (nSPS) is 11.6. The molecule has 1 rings (SSSR count). The lowest BCUT2D eigenvalue weighted by atomic mass is 10.2. The highest BCUT2D eigenvalue weighted by atomic mass is 35.5. The highest BCUT2D eigenvalue weighted by Gasteiger charge is 2.22. The molecule has 0 aliphatic rings. The molecule has 0 aliphatic carbocycles. The molecule has 0 saturated carbocycles. The molecular formula is C11H9ClF2N2O4.